The summed E-state index contributed by atoms with van der Waals surface area (Å²) in [6.45, 7) is 2.16. The fraction of sp³-hybridized carbons (Fsp3) is 0.529. The van der Waals surface area contributed by atoms with Crippen molar-refractivity contribution in [2.75, 3.05) is 0 Å². The zero-order valence-corrected chi connectivity index (χ0v) is 12.6. The molecular formula is C17H23N3O. The summed E-state index contributed by atoms with van der Waals surface area (Å²) in [6.07, 6.45) is 6.52. The first-order chi connectivity index (χ1) is 10.3. The summed E-state index contributed by atoms with van der Waals surface area (Å²) >= 11 is 0. The molecule has 4 nitrogen and oxygen atoms in total. The number of rotatable bonds is 5. The Hall–Kier alpha value is -1.68. The highest BCUT2D eigenvalue weighted by molar-refractivity contribution is 5.36. The number of nitrogens with two attached hydrogens (primary N) is 1. The van der Waals surface area contributed by atoms with Crippen molar-refractivity contribution in [3.05, 3.63) is 47.1 Å². The Morgan fingerprint density at radius 1 is 1.38 bits per heavy atom. The van der Waals surface area contributed by atoms with Gasteiger partial charge in [-0.1, -0.05) is 49.2 Å². The molecular weight excluding hydrogens is 262 g/mol. The van der Waals surface area contributed by atoms with Gasteiger partial charge in [0.1, 0.15) is 0 Å². The maximum Gasteiger partial charge on any atom is 0.243 e. The van der Waals surface area contributed by atoms with E-state index in [9.17, 15) is 0 Å². The van der Waals surface area contributed by atoms with Crippen LogP contribution in [0.5, 0.6) is 0 Å². The van der Waals surface area contributed by atoms with Crippen molar-refractivity contribution in [1.29, 1.82) is 0 Å². The standard InChI is InChI=1S/C17H23N3O/c1-2-3-11-15(18)17-19-16(20-21-17)14-10-6-8-12-7-4-5-9-13(12)14/h4-5,7,9,14-15H,2-3,6,8,10-11,18H2,1H3. The van der Waals surface area contributed by atoms with Crippen LogP contribution in [0.1, 0.15) is 73.8 Å². The Bertz CT molecular complexity index is 593. The van der Waals surface area contributed by atoms with Gasteiger partial charge in [-0.2, -0.15) is 4.98 Å². The van der Waals surface area contributed by atoms with Crippen LogP contribution in [-0.4, -0.2) is 10.1 Å². The predicted octanol–water partition coefficient (Wildman–Crippen LogP) is 3.73. The third-order valence-electron chi connectivity index (χ3n) is 4.32. The molecule has 1 aromatic heterocycles. The lowest BCUT2D eigenvalue weighted by molar-refractivity contribution is 0.340. The molecule has 3 rings (SSSR count). The SMILES string of the molecule is CCCCC(N)c1nc(C2CCCc3ccccc32)no1. The maximum absolute atomic E-state index is 6.12. The monoisotopic (exact) mass is 285 g/mol. The van der Waals surface area contributed by atoms with Gasteiger partial charge in [-0.15, -0.1) is 0 Å². The third-order valence-corrected chi connectivity index (χ3v) is 4.32. The molecule has 0 saturated carbocycles. The third kappa shape index (κ3) is 3.00. The fourth-order valence-electron chi connectivity index (χ4n) is 3.11. The number of benzene rings is 1. The minimum absolute atomic E-state index is 0.134. The smallest absolute Gasteiger partial charge is 0.243 e. The van der Waals surface area contributed by atoms with Crippen LogP contribution in [0.2, 0.25) is 0 Å². The number of nitrogens with zero attached hydrogens (tertiary/aromatic N) is 2. The van der Waals surface area contributed by atoms with Crippen LogP contribution in [-0.2, 0) is 6.42 Å². The van der Waals surface area contributed by atoms with Gasteiger partial charge in [-0.05, 0) is 36.8 Å². The molecule has 1 aliphatic carbocycles. The van der Waals surface area contributed by atoms with E-state index in [0.29, 0.717) is 5.89 Å². The molecule has 2 unspecified atom stereocenters. The predicted molar refractivity (Wildman–Crippen MR) is 82.0 cm³/mol. The van der Waals surface area contributed by atoms with E-state index in [-0.39, 0.29) is 12.0 Å². The lowest BCUT2D eigenvalue weighted by Gasteiger charge is -2.22. The van der Waals surface area contributed by atoms with Crippen LogP contribution in [0.4, 0.5) is 0 Å². The molecule has 0 spiro atoms. The summed E-state index contributed by atoms with van der Waals surface area (Å²) in [7, 11) is 0. The van der Waals surface area contributed by atoms with Crippen molar-refractivity contribution in [2.24, 2.45) is 5.73 Å². The molecule has 2 N–H and O–H groups in total. The Labute approximate surface area is 125 Å². The van der Waals surface area contributed by atoms with Gasteiger partial charge in [-0.3, -0.25) is 0 Å². The topological polar surface area (TPSA) is 64.9 Å². The normalized spacial score (nSPS) is 19.2. The molecule has 4 heteroatoms. The highest BCUT2D eigenvalue weighted by Crippen LogP contribution is 2.35. The van der Waals surface area contributed by atoms with Crippen LogP contribution in [0.15, 0.2) is 28.8 Å². The Kier molecular flexibility index (Phi) is 4.34. The highest BCUT2D eigenvalue weighted by Gasteiger charge is 2.26. The molecule has 1 heterocycles. The molecule has 1 aliphatic rings. The van der Waals surface area contributed by atoms with Crippen LogP contribution >= 0.6 is 0 Å². The lowest BCUT2D eigenvalue weighted by Crippen LogP contribution is -2.13. The van der Waals surface area contributed by atoms with E-state index >= 15 is 0 Å². The molecule has 0 saturated heterocycles. The van der Waals surface area contributed by atoms with E-state index < -0.39 is 0 Å². The van der Waals surface area contributed by atoms with Crippen LogP contribution in [0.25, 0.3) is 0 Å². The second-order valence-corrected chi connectivity index (χ2v) is 5.88. The summed E-state index contributed by atoms with van der Waals surface area (Å²) in [6, 6.07) is 8.45. The van der Waals surface area contributed by atoms with E-state index in [1.165, 1.54) is 17.5 Å². The van der Waals surface area contributed by atoms with Gasteiger partial charge < -0.3 is 10.3 Å². The Balaban J connectivity index is 1.81. The number of aryl methyl sites for hydroxylation is 1. The average Bonchev–Trinajstić information content (AvgIpc) is 3.02. The minimum Gasteiger partial charge on any atom is -0.338 e. The van der Waals surface area contributed by atoms with Crippen molar-refractivity contribution < 1.29 is 4.52 Å². The van der Waals surface area contributed by atoms with Crippen molar-refractivity contribution in [1.82, 2.24) is 10.1 Å². The van der Waals surface area contributed by atoms with E-state index in [0.717, 1.165) is 37.9 Å². The average molecular weight is 285 g/mol. The van der Waals surface area contributed by atoms with E-state index in [2.05, 4.69) is 41.3 Å². The number of aromatic nitrogens is 2. The zero-order chi connectivity index (χ0) is 14.7. The summed E-state index contributed by atoms with van der Waals surface area (Å²) in [5.41, 5.74) is 8.88. The van der Waals surface area contributed by atoms with E-state index in [1.807, 2.05) is 0 Å². The molecule has 0 fully saturated rings. The van der Waals surface area contributed by atoms with Gasteiger partial charge in [0.15, 0.2) is 5.82 Å². The zero-order valence-electron chi connectivity index (χ0n) is 12.6. The van der Waals surface area contributed by atoms with Crippen molar-refractivity contribution in [3.63, 3.8) is 0 Å². The van der Waals surface area contributed by atoms with Gasteiger partial charge in [0.25, 0.3) is 0 Å². The molecule has 0 amide bonds. The van der Waals surface area contributed by atoms with Crippen LogP contribution in [0.3, 0.4) is 0 Å². The largest absolute Gasteiger partial charge is 0.338 e. The first-order valence-corrected chi connectivity index (χ1v) is 7.96. The molecule has 2 aromatic rings. The van der Waals surface area contributed by atoms with Crippen molar-refractivity contribution in [2.45, 2.75) is 57.4 Å². The van der Waals surface area contributed by atoms with Gasteiger partial charge in [0.2, 0.25) is 5.89 Å². The molecule has 21 heavy (non-hydrogen) atoms. The summed E-state index contributed by atoms with van der Waals surface area (Å²) in [5, 5.41) is 4.20. The van der Waals surface area contributed by atoms with Crippen LogP contribution in [0, 0.1) is 0 Å². The van der Waals surface area contributed by atoms with Gasteiger partial charge in [0.05, 0.1) is 6.04 Å². The fourth-order valence-corrected chi connectivity index (χ4v) is 3.11. The van der Waals surface area contributed by atoms with Crippen molar-refractivity contribution in [3.8, 4) is 0 Å². The van der Waals surface area contributed by atoms with Crippen molar-refractivity contribution >= 4 is 0 Å². The van der Waals surface area contributed by atoms with E-state index in [1.54, 1.807) is 0 Å². The first kappa shape index (κ1) is 14.3. The second kappa shape index (κ2) is 6.39. The lowest BCUT2D eigenvalue weighted by atomic mass is 9.82. The molecule has 112 valence electrons. The summed E-state index contributed by atoms with van der Waals surface area (Å²) in [4.78, 5) is 4.58. The van der Waals surface area contributed by atoms with E-state index in [4.69, 9.17) is 10.3 Å². The Morgan fingerprint density at radius 3 is 3.10 bits per heavy atom. The number of hydrogen-bond acceptors (Lipinski definition) is 4. The molecule has 1 aromatic carbocycles. The molecule has 0 radical (unpaired) electrons. The summed E-state index contributed by atoms with van der Waals surface area (Å²) < 4.78 is 5.41. The number of fused-ring (bicyclic) bond motifs is 1. The second-order valence-electron chi connectivity index (χ2n) is 5.88. The highest BCUT2D eigenvalue weighted by atomic mass is 16.5. The van der Waals surface area contributed by atoms with Gasteiger partial charge in [-0.25, -0.2) is 0 Å². The Morgan fingerprint density at radius 2 is 2.24 bits per heavy atom. The van der Waals surface area contributed by atoms with Gasteiger partial charge >= 0.3 is 0 Å². The maximum atomic E-state index is 6.12. The summed E-state index contributed by atoms with van der Waals surface area (Å²) in [5.74, 6) is 1.64. The quantitative estimate of drug-likeness (QED) is 0.909. The molecule has 0 aliphatic heterocycles. The first-order valence-electron chi connectivity index (χ1n) is 7.96. The number of unbranched alkanes of at least 4 members (excludes halogenated alkanes) is 1. The molecule has 0 bridgehead atoms. The minimum atomic E-state index is -0.134. The van der Waals surface area contributed by atoms with Crippen LogP contribution < -0.4 is 5.73 Å². The van der Waals surface area contributed by atoms with Gasteiger partial charge in [0, 0.05) is 5.92 Å². The number of hydrogen-bond donors (Lipinski definition) is 1. The molecule has 2 atom stereocenters.